The zero-order valence-electron chi connectivity index (χ0n) is 10.2. The highest BCUT2D eigenvalue weighted by Gasteiger charge is 2.38. The molecule has 2 fully saturated rings. The number of hydrogen-bond donors (Lipinski definition) is 0. The number of benzene rings is 1. The molecule has 0 nitrogen and oxygen atoms in total. The minimum Gasteiger partial charge on any atom is -0.0622 e. The second-order valence-electron chi connectivity index (χ2n) is 5.29. The normalized spacial score (nSPS) is 36.5. The van der Waals surface area contributed by atoms with Crippen LogP contribution < -0.4 is 0 Å². The van der Waals surface area contributed by atoms with Crippen molar-refractivity contribution in [2.75, 3.05) is 0 Å². The summed E-state index contributed by atoms with van der Waals surface area (Å²) in [6.45, 7) is 0. The molecule has 0 spiro atoms. The van der Waals surface area contributed by atoms with Crippen LogP contribution in [0.15, 0.2) is 30.3 Å². The topological polar surface area (TPSA) is 0 Å². The Morgan fingerprint density at radius 3 is 2.67 bits per heavy atom. The van der Waals surface area contributed by atoms with E-state index in [2.05, 4.69) is 24.3 Å². The van der Waals surface area contributed by atoms with Crippen molar-refractivity contribution in [1.29, 1.82) is 0 Å². The molecule has 0 radical (unpaired) electrons. The summed E-state index contributed by atoms with van der Waals surface area (Å²) < 4.78 is 8.26. The molecule has 2 aliphatic rings. The maximum Gasteiger partial charge on any atom is 0.0316 e. The first-order chi connectivity index (χ1) is 7.83. The minimum atomic E-state index is 0.00514. The quantitative estimate of drug-likeness (QED) is 0.692. The van der Waals surface area contributed by atoms with Crippen LogP contribution in [0.2, 0.25) is 0 Å². The summed E-state index contributed by atoms with van der Waals surface area (Å²) in [7, 11) is 0. The van der Waals surface area contributed by atoms with Gasteiger partial charge in [-0.25, -0.2) is 0 Å². The minimum absolute atomic E-state index is 0.00514. The average Bonchev–Trinajstić information content (AvgIpc) is 2.92. The SMILES string of the molecule is [2H]C(CC1CC2CCC1C2)c1ccccc1. The van der Waals surface area contributed by atoms with Crippen LogP contribution in [0.1, 0.15) is 39.0 Å². The van der Waals surface area contributed by atoms with Gasteiger partial charge in [0.25, 0.3) is 0 Å². The van der Waals surface area contributed by atoms with E-state index in [1.165, 1.54) is 31.2 Å². The fourth-order valence-electron chi connectivity index (χ4n) is 3.54. The molecule has 0 aliphatic heterocycles. The van der Waals surface area contributed by atoms with E-state index in [1.54, 1.807) is 0 Å². The van der Waals surface area contributed by atoms with Gasteiger partial charge in [-0.2, -0.15) is 0 Å². The monoisotopic (exact) mass is 201 g/mol. The van der Waals surface area contributed by atoms with Gasteiger partial charge in [0, 0.05) is 1.37 Å². The van der Waals surface area contributed by atoms with Gasteiger partial charge < -0.3 is 0 Å². The molecule has 0 N–H and O–H groups in total. The third-order valence-corrected chi connectivity index (χ3v) is 4.34. The molecular formula is C15H20. The number of rotatable bonds is 3. The highest BCUT2D eigenvalue weighted by molar-refractivity contribution is 5.14. The van der Waals surface area contributed by atoms with Crippen LogP contribution in [0.25, 0.3) is 0 Å². The van der Waals surface area contributed by atoms with Gasteiger partial charge in [0.2, 0.25) is 0 Å². The molecule has 1 aromatic carbocycles. The second-order valence-corrected chi connectivity index (χ2v) is 5.29. The highest BCUT2D eigenvalue weighted by atomic mass is 14.4. The van der Waals surface area contributed by atoms with E-state index >= 15 is 0 Å². The van der Waals surface area contributed by atoms with Crippen LogP contribution in [0, 0.1) is 17.8 Å². The molecule has 4 unspecified atom stereocenters. The predicted octanol–water partition coefficient (Wildman–Crippen LogP) is 4.06. The van der Waals surface area contributed by atoms with E-state index in [0.29, 0.717) is 0 Å². The van der Waals surface area contributed by atoms with E-state index in [-0.39, 0.29) is 6.40 Å². The van der Waals surface area contributed by atoms with Crippen LogP contribution in [0.3, 0.4) is 0 Å². The lowest BCUT2D eigenvalue weighted by Crippen LogP contribution is -2.11. The Morgan fingerprint density at radius 1 is 1.13 bits per heavy atom. The Kier molecular flexibility index (Phi) is 2.23. The third-order valence-electron chi connectivity index (χ3n) is 4.34. The first-order valence-corrected chi connectivity index (χ1v) is 6.30. The smallest absolute Gasteiger partial charge is 0.0316 e. The van der Waals surface area contributed by atoms with Crippen LogP contribution in [0.5, 0.6) is 0 Å². The molecule has 0 heteroatoms. The standard InChI is InChI=1S/C15H20/c1-2-4-12(5-3-1)6-8-14-10-13-7-9-15(14)11-13/h1-5,13-15H,6-11H2/i6D. The van der Waals surface area contributed by atoms with Crippen molar-refractivity contribution >= 4 is 0 Å². The summed E-state index contributed by atoms with van der Waals surface area (Å²) >= 11 is 0. The third kappa shape index (κ3) is 1.95. The van der Waals surface area contributed by atoms with Gasteiger partial charge in [0.15, 0.2) is 0 Å². The second kappa shape index (κ2) is 4.00. The molecule has 2 saturated carbocycles. The van der Waals surface area contributed by atoms with Crippen LogP contribution in [0.4, 0.5) is 0 Å². The maximum absolute atomic E-state index is 8.26. The molecule has 0 aromatic heterocycles. The van der Waals surface area contributed by atoms with Gasteiger partial charge in [0.05, 0.1) is 0 Å². The van der Waals surface area contributed by atoms with E-state index in [4.69, 9.17) is 1.37 Å². The lowest BCUT2D eigenvalue weighted by Gasteiger charge is -2.21. The Bertz CT molecular complexity index is 346. The Labute approximate surface area is 94.1 Å². The molecule has 2 bridgehead atoms. The highest BCUT2D eigenvalue weighted by Crippen LogP contribution is 2.49. The summed E-state index contributed by atoms with van der Waals surface area (Å²) in [4.78, 5) is 0. The fourth-order valence-corrected chi connectivity index (χ4v) is 3.54. The molecule has 0 amide bonds. The summed E-state index contributed by atoms with van der Waals surface area (Å²) in [5.41, 5.74) is 1.20. The summed E-state index contributed by atoms with van der Waals surface area (Å²) in [6, 6.07) is 10.3. The molecule has 0 heterocycles. The van der Waals surface area contributed by atoms with Crippen molar-refractivity contribution in [3.8, 4) is 0 Å². The van der Waals surface area contributed by atoms with Crippen LogP contribution in [-0.2, 0) is 6.40 Å². The average molecular weight is 201 g/mol. The number of aryl methyl sites for hydroxylation is 1. The van der Waals surface area contributed by atoms with Crippen molar-refractivity contribution in [3.05, 3.63) is 35.9 Å². The lowest BCUT2D eigenvalue weighted by atomic mass is 9.85. The van der Waals surface area contributed by atoms with Gasteiger partial charge >= 0.3 is 0 Å². The van der Waals surface area contributed by atoms with Crippen molar-refractivity contribution in [3.63, 3.8) is 0 Å². The maximum atomic E-state index is 8.26. The van der Waals surface area contributed by atoms with Crippen molar-refractivity contribution in [1.82, 2.24) is 0 Å². The van der Waals surface area contributed by atoms with Gasteiger partial charge in [-0.1, -0.05) is 36.8 Å². The number of hydrogen-bond acceptors (Lipinski definition) is 0. The van der Waals surface area contributed by atoms with Gasteiger partial charge in [-0.3, -0.25) is 0 Å². The van der Waals surface area contributed by atoms with Gasteiger partial charge in [-0.05, 0) is 55.4 Å². The molecule has 3 rings (SSSR count). The predicted molar refractivity (Wildman–Crippen MR) is 63.7 cm³/mol. The molecule has 4 atom stereocenters. The largest absolute Gasteiger partial charge is 0.0622 e. The molecule has 2 aliphatic carbocycles. The van der Waals surface area contributed by atoms with Crippen molar-refractivity contribution in [2.24, 2.45) is 17.8 Å². The zero-order valence-corrected chi connectivity index (χ0v) is 9.23. The molecular weight excluding hydrogens is 180 g/mol. The van der Waals surface area contributed by atoms with Crippen molar-refractivity contribution < 1.29 is 1.37 Å². The van der Waals surface area contributed by atoms with E-state index in [0.717, 1.165) is 24.2 Å². The molecule has 80 valence electrons. The number of fused-ring (bicyclic) bond motifs is 2. The molecule has 15 heavy (non-hydrogen) atoms. The first kappa shape index (κ1) is 8.38. The van der Waals surface area contributed by atoms with Crippen LogP contribution >= 0.6 is 0 Å². The van der Waals surface area contributed by atoms with E-state index < -0.39 is 0 Å². The Hall–Kier alpha value is -0.780. The summed E-state index contributed by atoms with van der Waals surface area (Å²) in [5.74, 6) is 2.82. The van der Waals surface area contributed by atoms with Gasteiger partial charge in [0.1, 0.15) is 0 Å². The lowest BCUT2D eigenvalue weighted by molar-refractivity contribution is 0.315. The van der Waals surface area contributed by atoms with Crippen molar-refractivity contribution in [2.45, 2.75) is 38.5 Å². The van der Waals surface area contributed by atoms with Gasteiger partial charge in [-0.15, -0.1) is 0 Å². The molecule has 1 aromatic rings. The Balaban J connectivity index is 1.63. The Morgan fingerprint density at radius 2 is 2.00 bits per heavy atom. The van der Waals surface area contributed by atoms with E-state index in [9.17, 15) is 0 Å². The fraction of sp³-hybridized carbons (Fsp3) is 0.600. The zero-order chi connectivity index (χ0) is 11.0. The summed E-state index contributed by atoms with van der Waals surface area (Å²) in [6.07, 6.45) is 6.88. The first-order valence-electron chi connectivity index (χ1n) is 6.88. The molecule has 0 saturated heterocycles. The van der Waals surface area contributed by atoms with Crippen LogP contribution in [-0.4, -0.2) is 0 Å². The van der Waals surface area contributed by atoms with E-state index in [1.807, 2.05) is 6.07 Å². The summed E-state index contributed by atoms with van der Waals surface area (Å²) in [5, 5.41) is 0.